The van der Waals surface area contributed by atoms with E-state index < -0.39 is 0 Å². The van der Waals surface area contributed by atoms with Crippen LogP contribution >= 0.6 is 0 Å². The van der Waals surface area contributed by atoms with E-state index in [0.29, 0.717) is 0 Å². The largest absolute Gasteiger partial charge is 0.0845 e. The van der Waals surface area contributed by atoms with Crippen molar-refractivity contribution in [3.63, 3.8) is 0 Å². The number of unbranched alkanes of at least 4 members (excludes halogenated alkanes) is 6. The molecule has 0 saturated heterocycles. The van der Waals surface area contributed by atoms with Gasteiger partial charge in [-0.2, -0.15) is 0 Å². The molecule has 0 nitrogen and oxygen atoms in total. The van der Waals surface area contributed by atoms with Crippen LogP contribution in [0.3, 0.4) is 0 Å². The van der Waals surface area contributed by atoms with E-state index in [1.54, 1.807) is 6.08 Å². The summed E-state index contributed by atoms with van der Waals surface area (Å²) in [5, 5.41) is 0. The van der Waals surface area contributed by atoms with Crippen molar-refractivity contribution >= 4 is 0 Å². The Morgan fingerprint density at radius 3 is 2.00 bits per heavy atom. The lowest BCUT2D eigenvalue weighted by Crippen LogP contribution is -1.87. The van der Waals surface area contributed by atoms with E-state index in [2.05, 4.69) is 13.8 Å². The van der Waals surface area contributed by atoms with Crippen LogP contribution in [0.1, 0.15) is 65.2 Å². The van der Waals surface area contributed by atoms with Crippen LogP contribution in [0.2, 0.25) is 0 Å². The number of rotatable bonds is 9. The molecule has 0 atom stereocenters. The summed E-state index contributed by atoms with van der Waals surface area (Å²) in [5.41, 5.74) is 0. The predicted molar refractivity (Wildman–Crippen MR) is 60.6 cm³/mol. The topological polar surface area (TPSA) is 0 Å². The SMILES string of the molecule is [CH]=CCCCCCCCCC(C)C. The van der Waals surface area contributed by atoms with Crippen molar-refractivity contribution in [2.24, 2.45) is 5.92 Å². The Kier molecular flexibility index (Phi) is 9.63. The summed E-state index contributed by atoms with van der Waals surface area (Å²) in [4.78, 5) is 0. The lowest BCUT2D eigenvalue weighted by Gasteiger charge is -2.03. The first-order chi connectivity index (χ1) is 6.27. The van der Waals surface area contributed by atoms with Crippen molar-refractivity contribution in [3.05, 3.63) is 12.7 Å². The second-order valence-electron chi connectivity index (χ2n) is 4.33. The van der Waals surface area contributed by atoms with Gasteiger partial charge in [0.15, 0.2) is 0 Å². The van der Waals surface area contributed by atoms with Gasteiger partial charge in [0.05, 0.1) is 0 Å². The van der Waals surface area contributed by atoms with Gasteiger partial charge in [-0.1, -0.05) is 65.0 Å². The molecule has 0 aliphatic heterocycles. The molecule has 0 spiro atoms. The number of hydrogen-bond acceptors (Lipinski definition) is 0. The highest BCUT2D eigenvalue weighted by atomic mass is 14.0. The van der Waals surface area contributed by atoms with E-state index in [-0.39, 0.29) is 0 Å². The molecular weight excluding hydrogens is 156 g/mol. The first-order valence-electron chi connectivity index (χ1n) is 5.80. The average Bonchev–Trinajstić information content (AvgIpc) is 2.09. The van der Waals surface area contributed by atoms with E-state index in [0.717, 1.165) is 12.3 Å². The molecule has 0 fully saturated rings. The minimum atomic E-state index is 0.881. The molecule has 0 heterocycles. The van der Waals surface area contributed by atoms with Crippen LogP contribution in [-0.4, -0.2) is 0 Å². The van der Waals surface area contributed by atoms with Gasteiger partial charge < -0.3 is 0 Å². The zero-order chi connectivity index (χ0) is 9.94. The van der Waals surface area contributed by atoms with Gasteiger partial charge in [-0.15, -0.1) is 0 Å². The third-order valence-electron chi connectivity index (χ3n) is 2.40. The molecule has 0 bridgehead atoms. The summed E-state index contributed by atoms with van der Waals surface area (Å²) in [5.74, 6) is 0.881. The van der Waals surface area contributed by atoms with Crippen molar-refractivity contribution in [1.29, 1.82) is 0 Å². The van der Waals surface area contributed by atoms with Gasteiger partial charge in [-0.3, -0.25) is 0 Å². The molecule has 0 saturated carbocycles. The predicted octanol–water partition coefficient (Wildman–Crippen LogP) is 4.75. The van der Waals surface area contributed by atoms with Gasteiger partial charge in [0.2, 0.25) is 0 Å². The van der Waals surface area contributed by atoms with Crippen molar-refractivity contribution in [1.82, 2.24) is 0 Å². The van der Waals surface area contributed by atoms with Gasteiger partial charge in [-0.25, -0.2) is 0 Å². The van der Waals surface area contributed by atoms with E-state index in [1.165, 1.54) is 44.9 Å². The molecule has 0 heteroatoms. The molecule has 0 amide bonds. The van der Waals surface area contributed by atoms with Crippen LogP contribution in [0.15, 0.2) is 6.08 Å². The molecule has 0 rings (SSSR count). The Morgan fingerprint density at radius 1 is 0.923 bits per heavy atom. The van der Waals surface area contributed by atoms with Crippen molar-refractivity contribution in [2.75, 3.05) is 0 Å². The van der Waals surface area contributed by atoms with Crippen molar-refractivity contribution in [2.45, 2.75) is 65.2 Å². The van der Waals surface area contributed by atoms with Crippen LogP contribution in [0, 0.1) is 12.5 Å². The average molecular weight is 181 g/mol. The normalized spacial score (nSPS) is 10.7. The van der Waals surface area contributed by atoms with Crippen molar-refractivity contribution < 1.29 is 0 Å². The monoisotopic (exact) mass is 181 g/mol. The zero-order valence-corrected chi connectivity index (χ0v) is 9.39. The minimum Gasteiger partial charge on any atom is -0.0845 e. The fourth-order valence-electron chi connectivity index (χ4n) is 1.52. The third-order valence-corrected chi connectivity index (χ3v) is 2.40. The lowest BCUT2D eigenvalue weighted by atomic mass is 10.0. The van der Waals surface area contributed by atoms with Crippen LogP contribution < -0.4 is 0 Å². The Bertz CT molecular complexity index is 103. The fraction of sp³-hybridized carbons (Fsp3) is 0.846. The maximum atomic E-state index is 5.30. The molecule has 1 radical (unpaired) electrons. The van der Waals surface area contributed by atoms with Gasteiger partial charge >= 0.3 is 0 Å². The number of allylic oxidation sites excluding steroid dienone is 1. The Labute approximate surface area is 84.4 Å². The highest BCUT2D eigenvalue weighted by Crippen LogP contribution is 2.11. The van der Waals surface area contributed by atoms with Crippen LogP contribution in [-0.2, 0) is 0 Å². The highest BCUT2D eigenvalue weighted by Gasteiger charge is 1.94. The summed E-state index contributed by atoms with van der Waals surface area (Å²) in [7, 11) is 0. The maximum Gasteiger partial charge on any atom is -0.0348 e. The summed E-state index contributed by atoms with van der Waals surface area (Å²) >= 11 is 0. The molecule has 0 aromatic rings. The molecule has 77 valence electrons. The molecular formula is C13H25. The molecule has 0 aromatic carbocycles. The van der Waals surface area contributed by atoms with E-state index in [1.807, 2.05) is 0 Å². The molecule has 0 aliphatic carbocycles. The summed E-state index contributed by atoms with van der Waals surface area (Å²) in [6.07, 6.45) is 12.5. The summed E-state index contributed by atoms with van der Waals surface area (Å²) in [6, 6.07) is 0. The second-order valence-corrected chi connectivity index (χ2v) is 4.33. The van der Waals surface area contributed by atoms with Gasteiger partial charge in [-0.05, 0) is 18.8 Å². The van der Waals surface area contributed by atoms with Crippen molar-refractivity contribution in [3.8, 4) is 0 Å². The minimum absolute atomic E-state index is 0.881. The van der Waals surface area contributed by atoms with Crippen LogP contribution in [0.5, 0.6) is 0 Å². The molecule has 13 heavy (non-hydrogen) atoms. The standard InChI is InChI=1S/C13H25/c1-4-5-6-7-8-9-10-11-12-13(2)3/h1,4,13H,5-12H2,2-3H3. The Morgan fingerprint density at radius 2 is 1.46 bits per heavy atom. The smallest absolute Gasteiger partial charge is 0.0348 e. The quantitative estimate of drug-likeness (QED) is 0.450. The first-order valence-corrected chi connectivity index (χ1v) is 5.80. The molecule has 0 aromatic heterocycles. The summed E-state index contributed by atoms with van der Waals surface area (Å²) < 4.78 is 0. The maximum absolute atomic E-state index is 5.30. The Balaban J connectivity index is 2.87. The Hall–Kier alpha value is -0.260. The van der Waals surface area contributed by atoms with Gasteiger partial charge in [0.25, 0.3) is 0 Å². The van der Waals surface area contributed by atoms with Crippen LogP contribution in [0.4, 0.5) is 0 Å². The second kappa shape index (κ2) is 9.83. The van der Waals surface area contributed by atoms with Gasteiger partial charge in [0.1, 0.15) is 0 Å². The van der Waals surface area contributed by atoms with E-state index in [9.17, 15) is 0 Å². The third kappa shape index (κ3) is 11.7. The van der Waals surface area contributed by atoms with E-state index in [4.69, 9.17) is 6.58 Å². The lowest BCUT2D eigenvalue weighted by molar-refractivity contribution is 0.512. The van der Waals surface area contributed by atoms with Gasteiger partial charge in [0, 0.05) is 0 Å². The zero-order valence-electron chi connectivity index (χ0n) is 9.39. The molecule has 0 unspecified atom stereocenters. The first kappa shape index (κ1) is 12.7. The summed E-state index contributed by atoms with van der Waals surface area (Å²) in [6.45, 7) is 9.90. The fourth-order valence-corrected chi connectivity index (χ4v) is 1.52. The molecule has 0 N–H and O–H groups in total. The highest BCUT2D eigenvalue weighted by molar-refractivity contribution is 4.61. The molecule has 0 aliphatic rings. The van der Waals surface area contributed by atoms with E-state index >= 15 is 0 Å². The number of hydrogen-bond donors (Lipinski definition) is 0. The van der Waals surface area contributed by atoms with Crippen LogP contribution in [0.25, 0.3) is 0 Å².